The highest BCUT2D eigenvalue weighted by Gasteiger charge is 2.45. The lowest BCUT2D eigenvalue weighted by Crippen LogP contribution is -2.58. The molecule has 2 saturated heterocycles. The van der Waals surface area contributed by atoms with Gasteiger partial charge in [0.05, 0.1) is 13.2 Å². The average Bonchev–Trinajstić information content (AvgIpc) is 2.48. The fourth-order valence-corrected chi connectivity index (χ4v) is 2.34. The van der Waals surface area contributed by atoms with Crippen LogP contribution in [0.15, 0.2) is 5.16 Å². The fraction of sp³-hybridized carbons (Fsp3) is 0.818. The SMILES string of the molecule is NC(=NO)C1(C(=O)NN2CCOCC2)CCOCC1. The van der Waals surface area contributed by atoms with Crippen molar-refractivity contribution in [2.75, 3.05) is 39.5 Å². The Hall–Kier alpha value is -1.38. The molecule has 2 fully saturated rings. The van der Waals surface area contributed by atoms with Crippen molar-refractivity contribution in [2.45, 2.75) is 12.8 Å². The lowest BCUT2D eigenvalue weighted by atomic mass is 9.78. The van der Waals surface area contributed by atoms with Gasteiger partial charge in [-0.3, -0.25) is 10.2 Å². The molecule has 19 heavy (non-hydrogen) atoms. The van der Waals surface area contributed by atoms with Gasteiger partial charge in [0.25, 0.3) is 0 Å². The summed E-state index contributed by atoms with van der Waals surface area (Å²) < 4.78 is 10.5. The van der Waals surface area contributed by atoms with Gasteiger partial charge in [-0.15, -0.1) is 0 Å². The molecule has 0 spiro atoms. The van der Waals surface area contributed by atoms with Crippen molar-refractivity contribution in [3.63, 3.8) is 0 Å². The monoisotopic (exact) mass is 272 g/mol. The molecule has 0 bridgehead atoms. The van der Waals surface area contributed by atoms with Gasteiger partial charge in [0.15, 0.2) is 5.84 Å². The number of amides is 1. The van der Waals surface area contributed by atoms with Gasteiger partial charge >= 0.3 is 0 Å². The van der Waals surface area contributed by atoms with E-state index in [0.29, 0.717) is 52.4 Å². The molecule has 0 aromatic rings. The van der Waals surface area contributed by atoms with Crippen LogP contribution < -0.4 is 11.2 Å². The first-order valence-electron chi connectivity index (χ1n) is 6.38. The molecule has 0 radical (unpaired) electrons. The van der Waals surface area contributed by atoms with Crippen molar-refractivity contribution in [3.05, 3.63) is 0 Å². The van der Waals surface area contributed by atoms with Crippen LogP contribution in [0, 0.1) is 5.41 Å². The van der Waals surface area contributed by atoms with Crippen LogP contribution in [0.4, 0.5) is 0 Å². The molecule has 2 heterocycles. The predicted molar refractivity (Wildman–Crippen MR) is 66.4 cm³/mol. The van der Waals surface area contributed by atoms with E-state index in [-0.39, 0.29) is 11.7 Å². The number of carbonyl (C=O) groups excluding carboxylic acids is 1. The minimum absolute atomic E-state index is 0.0541. The van der Waals surface area contributed by atoms with Crippen molar-refractivity contribution in [1.29, 1.82) is 0 Å². The quantitative estimate of drug-likeness (QED) is 0.260. The second-order valence-electron chi connectivity index (χ2n) is 4.72. The smallest absolute Gasteiger partial charge is 0.248 e. The van der Waals surface area contributed by atoms with Crippen LogP contribution in [0.2, 0.25) is 0 Å². The number of ether oxygens (including phenoxy) is 2. The Balaban J connectivity index is 2.06. The number of carbonyl (C=O) groups is 1. The van der Waals surface area contributed by atoms with Crippen LogP contribution in [0.1, 0.15) is 12.8 Å². The molecule has 0 saturated carbocycles. The van der Waals surface area contributed by atoms with E-state index in [0.717, 1.165) is 0 Å². The highest BCUT2D eigenvalue weighted by atomic mass is 16.5. The number of nitrogens with one attached hydrogen (secondary N) is 1. The zero-order valence-corrected chi connectivity index (χ0v) is 10.8. The molecule has 0 aliphatic carbocycles. The summed E-state index contributed by atoms with van der Waals surface area (Å²) in [6.45, 7) is 3.28. The van der Waals surface area contributed by atoms with Gasteiger partial charge in [0.2, 0.25) is 5.91 Å². The predicted octanol–water partition coefficient (Wildman–Crippen LogP) is -1.11. The lowest BCUT2D eigenvalue weighted by Gasteiger charge is -2.37. The number of oxime groups is 1. The fourth-order valence-electron chi connectivity index (χ4n) is 2.34. The van der Waals surface area contributed by atoms with E-state index in [1.54, 1.807) is 5.01 Å². The van der Waals surface area contributed by atoms with Crippen LogP contribution >= 0.6 is 0 Å². The van der Waals surface area contributed by atoms with Crippen LogP contribution in [-0.4, -0.2) is 61.5 Å². The van der Waals surface area contributed by atoms with Gasteiger partial charge in [-0.25, -0.2) is 5.01 Å². The molecule has 8 nitrogen and oxygen atoms in total. The number of morpholine rings is 1. The zero-order valence-electron chi connectivity index (χ0n) is 10.8. The molecule has 2 aliphatic heterocycles. The van der Waals surface area contributed by atoms with Gasteiger partial charge in [-0.1, -0.05) is 5.16 Å². The largest absolute Gasteiger partial charge is 0.409 e. The van der Waals surface area contributed by atoms with E-state index in [2.05, 4.69) is 10.6 Å². The van der Waals surface area contributed by atoms with E-state index < -0.39 is 5.41 Å². The third-order valence-electron chi connectivity index (χ3n) is 3.65. The third kappa shape index (κ3) is 2.96. The van der Waals surface area contributed by atoms with Crippen molar-refractivity contribution in [3.8, 4) is 0 Å². The van der Waals surface area contributed by atoms with E-state index in [1.165, 1.54) is 0 Å². The summed E-state index contributed by atoms with van der Waals surface area (Å²) in [5.41, 5.74) is 7.58. The summed E-state index contributed by atoms with van der Waals surface area (Å²) in [4.78, 5) is 12.5. The van der Waals surface area contributed by atoms with Crippen molar-refractivity contribution in [1.82, 2.24) is 10.4 Å². The molecule has 4 N–H and O–H groups in total. The molecule has 0 atom stereocenters. The van der Waals surface area contributed by atoms with E-state index in [4.69, 9.17) is 20.4 Å². The van der Waals surface area contributed by atoms with Crippen molar-refractivity contribution < 1.29 is 19.5 Å². The first-order chi connectivity index (χ1) is 9.19. The second-order valence-corrected chi connectivity index (χ2v) is 4.72. The first-order valence-corrected chi connectivity index (χ1v) is 6.38. The minimum Gasteiger partial charge on any atom is -0.409 e. The molecule has 8 heteroatoms. The van der Waals surface area contributed by atoms with Crippen LogP contribution in [0.25, 0.3) is 0 Å². The lowest BCUT2D eigenvalue weighted by molar-refractivity contribution is -0.138. The third-order valence-corrected chi connectivity index (χ3v) is 3.65. The average molecular weight is 272 g/mol. The van der Waals surface area contributed by atoms with Gasteiger partial charge in [-0.05, 0) is 12.8 Å². The number of hydrogen-bond donors (Lipinski definition) is 3. The van der Waals surface area contributed by atoms with Crippen LogP contribution in [0.5, 0.6) is 0 Å². The summed E-state index contributed by atoms with van der Waals surface area (Å²) in [5.74, 6) is -0.297. The Morgan fingerprint density at radius 2 is 1.79 bits per heavy atom. The maximum absolute atomic E-state index is 12.5. The molecule has 108 valence electrons. The van der Waals surface area contributed by atoms with Gasteiger partial charge in [0.1, 0.15) is 5.41 Å². The molecule has 1 amide bonds. The summed E-state index contributed by atoms with van der Waals surface area (Å²) in [6.07, 6.45) is 0.831. The second kappa shape index (κ2) is 6.18. The molecule has 0 aromatic heterocycles. The summed E-state index contributed by atoms with van der Waals surface area (Å²) in [5, 5.41) is 13.7. The van der Waals surface area contributed by atoms with Gasteiger partial charge in [0, 0.05) is 26.3 Å². The standard InChI is InChI=1S/C11H20N4O4/c12-9(14-17)11(1-5-18-6-2-11)10(16)13-15-3-7-19-8-4-15/h17H,1-8H2,(H2,12,14)(H,13,16). The zero-order chi connectivity index (χ0) is 13.7. The summed E-state index contributed by atoms with van der Waals surface area (Å²) in [7, 11) is 0. The van der Waals surface area contributed by atoms with E-state index in [9.17, 15) is 4.79 Å². The van der Waals surface area contributed by atoms with E-state index >= 15 is 0 Å². The molecule has 0 aromatic carbocycles. The first kappa shape index (κ1) is 14.0. The Kier molecular flexibility index (Phi) is 4.56. The molecular formula is C11H20N4O4. The van der Waals surface area contributed by atoms with E-state index in [1.807, 2.05) is 0 Å². The number of amidine groups is 1. The number of hydrazine groups is 1. The number of hydrogen-bond acceptors (Lipinski definition) is 6. The topological polar surface area (TPSA) is 109 Å². The van der Waals surface area contributed by atoms with Gasteiger partial charge in [-0.2, -0.15) is 0 Å². The molecule has 2 rings (SSSR count). The normalized spacial score (nSPS) is 24.9. The highest BCUT2D eigenvalue weighted by Crippen LogP contribution is 2.31. The van der Waals surface area contributed by atoms with Gasteiger partial charge < -0.3 is 20.4 Å². The van der Waals surface area contributed by atoms with Crippen molar-refractivity contribution >= 4 is 11.7 Å². The minimum atomic E-state index is -0.981. The number of nitrogens with zero attached hydrogens (tertiary/aromatic N) is 2. The molecular weight excluding hydrogens is 252 g/mol. The maximum atomic E-state index is 12.5. The van der Waals surface area contributed by atoms with Crippen LogP contribution in [0.3, 0.4) is 0 Å². The summed E-state index contributed by atoms with van der Waals surface area (Å²) in [6, 6.07) is 0. The van der Waals surface area contributed by atoms with Crippen LogP contribution in [-0.2, 0) is 14.3 Å². The molecule has 2 aliphatic rings. The Morgan fingerprint density at radius 1 is 1.21 bits per heavy atom. The van der Waals surface area contributed by atoms with Crippen molar-refractivity contribution in [2.24, 2.45) is 16.3 Å². The summed E-state index contributed by atoms with van der Waals surface area (Å²) >= 11 is 0. The number of nitrogens with two attached hydrogens (primary N) is 1. The molecule has 0 unspecified atom stereocenters. The Labute approximate surface area is 111 Å². The Bertz CT molecular complexity index is 349. The maximum Gasteiger partial charge on any atom is 0.248 e. The highest BCUT2D eigenvalue weighted by molar-refractivity contribution is 6.06. The number of rotatable bonds is 3. The Morgan fingerprint density at radius 3 is 2.37 bits per heavy atom.